The van der Waals surface area contributed by atoms with Gasteiger partial charge in [0.2, 0.25) is 5.91 Å². The van der Waals surface area contributed by atoms with Crippen LogP contribution in [-0.4, -0.2) is 16.9 Å². The predicted octanol–water partition coefficient (Wildman–Crippen LogP) is 1.85. The van der Waals surface area contributed by atoms with Gasteiger partial charge in [0.1, 0.15) is 0 Å². The van der Waals surface area contributed by atoms with Crippen LogP contribution in [0.5, 0.6) is 0 Å². The van der Waals surface area contributed by atoms with Gasteiger partial charge in [-0.25, -0.2) is 0 Å². The van der Waals surface area contributed by atoms with Crippen molar-refractivity contribution in [3.8, 4) is 0 Å². The number of hydrogen-bond acceptors (Lipinski definition) is 3. The van der Waals surface area contributed by atoms with E-state index in [4.69, 9.17) is 5.73 Å². The first-order valence-electron chi connectivity index (χ1n) is 6.12. The number of nitrogens with zero attached hydrogens (tertiary/aromatic N) is 1. The number of hydrogen-bond donors (Lipinski definition) is 2. The van der Waals surface area contributed by atoms with Crippen LogP contribution in [0, 0.1) is 12.8 Å². The van der Waals surface area contributed by atoms with Gasteiger partial charge in [-0.1, -0.05) is 6.42 Å². The number of carbonyl (C=O) groups excluding carboxylic acids is 1. The highest BCUT2D eigenvalue weighted by molar-refractivity contribution is 5.90. The summed E-state index contributed by atoms with van der Waals surface area (Å²) in [5, 5.41) is 2.87. The molecule has 0 bridgehead atoms. The van der Waals surface area contributed by atoms with Crippen molar-refractivity contribution >= 4 is 11.6 Å². The molecular weight excluding hydrogens is 214 g/mol. The number of nitrogens with one attached hydrogen (secondary N) is 1. The third-order valence-electron chi connectivity index (χ3n) is 3.32. The maximum Gasteiger partial charge on any atom is 0.224 e. The van der Waals surface area contributed by atoms with Gasteiger partial charge in [-0.3, -0.25) is 9.78 Å². The van der Waals surface area contributed by atoms with E-state index >= 15 is 0 Å². The molecule has 1 aromatic heterocycles. The van der Waals surface area contributed by atoms with Crippen LogP contribution in [0.4, 0.5) is 5.69 Å². The van der Waals surface area contributed by atoms with Crippen LogP contribution in [0.1, 0.15) is 31.2 Å². The Bertz CT molecular complexity index is 405. The number of pyridine rings is 1. The minimum absolute atomic E-state index is 0.0414. The molecule has 0 unspecified atom stereocenters. The van der Waals surface area contributed by atoms with Crippen molar-refractivity contribution < 1.29 is 4.79 Å². The summed E-state index contributed by atoms with van der Waals surface area (Å²) in [4.78, 5) is 15.9. The molecule has 0 radical (unpaired) electrons. The number of anilines is 1. The average molecular weight is 233 g/mol. The van der Waals surface area contributed by atoms with E-state index in [-0.39, 0.29) is 11.9 Å². The lowest BCUT2D eigenvalue weighted by molar-refractivity contribution is -0.117. The quantitative estimate of drug-likeness (QED) is 0.837. The topological polar surface area (TPSA) is 68.0 Å². The van der Waals surface area contributed by atoms with E-state index in [0.717, 1.165) is 30.5 Å². The number of nitrogens with two attached hydrogens (primary N) is 1. The summed E-state index contributed by atoms with van der Waals surface area (Å²) in [6.45, 7) is 1.95. The van der Waals surface area contributed by atoms with Crippen molar-refractivity contribution in [3.05, 3.63) is 24.0 Å². The third-order valence-corrected chi connectivity index (χ3v) is 3.32. The Morgan fingerprint density at radius 2 is 2.35 bits per heavy atom. The Labute approximate surface area is 102 Å². The lowest BCUT2D eigenvalue weighted by atomic mass is 10.00. The Balaban J connectivity index is 1.89. The predicted molar refractivity (Wildman–Crippen MR) is 67.5 cm³/mol. The molecule has 1 aliphatic carbocycles. The van der Waals surface area contributed by atoms with Crippen molar-refractivity contribution in [2.45, 2.75) is 38.6 Å². The molecular formula is C13H19N3O. The first kappa shape index (κ1) is 12.0. The molecule has 4 heteroatoms. The van der Waals surface area contributed by atoms with E-state index in [0.29, 0.717) is 12.3 Å². The highest BCUT2D eigenvalue weighted by Gasteiger charge is 2.25. The molecule has 4 nitrogen and oxygen atoms in total. The Hall–Kier alpha value is -1.42. The minimum Gasteiger partial charge on any atom is -0.327 e. The van der Waals surface area contributed by atoms with E-state index in [1.165, 1.54) is 0 Å². The SMILES string of the molecule is Cc1cncc(NC(=O)C[C@@H]2CCC[C@H]2N)c1. The Morgan fingerprint density at radius 1 is 1.53 bits per heavy atom. The normalized spacial score (nSPS) is 23.6. The summed E-state index contributed by atoms with van der Waals surface area (Å²) < 4.78 is 0. The molecule has 2 atom stereocenters. The first-order valence-corrected chi connectivity index (χ1v) is 6.12. The zero-order chi connectivity index (χ0) is 12.3. The lowest BCUT2D eigenvalue weighted by Gasteiger charge is -2.14. The summed E-state index contributed by atoms with van der Waals surface area (Å²) >= 11 is 0. The van der Waals surface area contributed by atoms with E-state index in [9.17, 15) is 4.79 Å². The smallest absolute Gasteiger partial charge is 0.224 e. The molecule has 1 fully saturated rings. The molecule has 1 saturated carbocycles. The molecule has 1 aromatic rings. The molecule has 17 heavy (non-hydrogen) atoms. The van der Waals surface area contributed by atoms with Gasteiger partial charge in [0.25, 0.3) is 0 Å². The van der Waals surface area contributed by atoms with Crippen molar-refractivity contribution in [1.29, 1.82) is 0 Å². The van der Waals surface area contributed by atoms with Gasteiger partial charge in [-0.05, 0) is 37.3 Å². The Kier molecular flexibility index (Phi) is 3.74. The highest BCUT2D eigenvalue weighted by Crippen LogP contribution is 2.27. The largest absolute Gasteiger partial charge is 0.327 e. The van der Waals surface area contributed by atoms with Crippen LogP contribution in [0.25, 0.3) is 0 Å². The van der Waals surface area contributed by atoms with Crippen molar-refractivity contribution in [3.63, 3.8) is 0 Å². The zero-order valence-corrected chi connectivity index (χ0v) is 10.1. The summed E-state index contributed by atoms with van der Waals surface area (Å²) in [6, 6.07) is 2.11. The van der Waals surface area contributed by atoms with Gasteiger partial charge < -0.3 is 11.1 Å². The molecule has 2 rings (SSSR count). The number of aromatic nitrogens is 1. The summed E-state index contributed by atoms with van der Waals surface area (Å²) in [5.41, 5.74) is 7.76. The maximum atomic E-state index is 11.8. The second kappa shape index (κ2) is 5.27. The summed E-state index contributed by atoms with van der Waals surface area (Å²) in [6.07, 6.45) is 7.22. The van der Waals surface area contributed by atoms with Crippen LogP contribution in [-0.2, 0) is 4.79 Å². The van der Waals surface area contributed by atoms with Gasteiger partial charge in [0, 0.05) is 18.7 Å². The third kappa shape index (κ3) is 3.27. The van der Waals surface area contributed by atoms with Gasteiger partial charge in [-0.2, -0.15) is 0 Å². The molecule has 0 aromatic carbocycles. The maximum absolute atomic E-state index is 11.8. The van der Waals surface area contributed by atoms with E-state index in [2.05, 4.69) is 10.3 Å². The van der Waals surface area contributed by atoms with Crippen LogP contribution in [0.15, 0.2) is 18.5 Å². The highest BCUT2D eigenvalue weighted by atomic mass is 16.1. The first-order chi connectivity index (χ1) is 8.15. The monoisotopic (exact) mass is 233 g/mol. The number of aryl methyl sites for hydroxylation is 1. The summed E-state index contributed by atoms with van der Waals surface area (Å²) in [7, 11) is 0. The fraction of sp³-hybridized carbons (Fsp3) is 0.538. The van der Waals surface area contributed by atoms with Gasteiger partial charge in [0.05, 0.1) is 11.9 Å². The van der Waals surface area contributed by atoms with E-state index in [1.54, 1.807) is 12.4 Å². The standard InChI is InChI=1S/C13H19N3O/c1-9-5-11(8-15-7-9)16-13(17)6-10-3-2-4-12(10)14/h5,7-8,10,12H,2-4,6,14H2,1H3,(H,16,17)/t10-,12+/m0/s1. The van der Waals surface area contributed by atoms with Crippen molar-refractivity contribution in [2.24, 2.45) is 11.7 Å². The van der Waals surface area contributed by atoms with Crippen molar-refractivity contribution in [1.82, 2.24) is 4.98 Å². The molecule has 0 spiro atoms. The van der Waals surface area contributed by atoms with Crippen LogP contribution in [0.2, 0.25) is 0 Å². The van der Waals surface area contributed by atoms with Gasteiger partial charge >= 0.3 is 0 Å². The Morgan fingerprint density at radius 3 is 3.00 bits per heavy atom. The van der Waals surface area contributed by atoms with Crippen LogP contribution in [0.3, 0.4) is 0 Å². The fourth-order valence-corrected chi connectivity index (χ4v) is 2.39. The average Bonchev–Trinajstić information content (AvgIpc) is 2.64. The minimum atomic E-state index is 0.0414. The molecule has 1 aliphatic rings. The number of amides is 1. The summed E-state index contributed by atoms with van der Waals surface area (Å²) in [5.74, 6) is 0.382. The number of rotatable bonds is 3. The molecule has 1 heterocycles. The van der Waals surface area contributed by atoms with Crippen LogP contribution < -0.4 is 11.1 Å². The van der Waals surface area contributed by atoms with E-state index in [1.807, 2.05) is 13.0 Å². The zero-order valence-electron chi connectivity index (χ0n) is 10.1. The molecule has 92 valence electrons. The van der Waals surface area contributed by atoms with Crippen LogP contribution >= 0.6 is 0 Å². The van der Waals surface area contributed by atoms with Gasteiger partial charge in [0.15, 0.2) is 0 Å². The number of carbonyl (C=O) groups is 1. The molecule has 0 aliphatic heterocycles. The van der Waals surface area contributed by atoms with Gasteiger partial charge in [-0.15, -0.1) is 0 Å². The molecule has 3 N–H and O–H groups in total. The van der Waals surface area contributed by atoms with E-state index < -0.39 is 0 Å². The fourth-order valence-electron chi connectivity index (χ4n) is 2.39. The lowest BCUT2D eigenvalue weighted by Crippen LogP contribution is -2.28. The second-order valence-electron chi connectivity index (χ2n) is 4.86. The molecule has 0 saturated heterocycles. The second-order valence-corrected chi connectivity index (χ2v) is 4.86. The molecule has 1 amide bonds. The van der Waals surface area contributed by atoms with Crippen molar-refractivity contribution in [2.75, 3.05) is 5.32 Å².